The standard InChI is InChI=1S/C22H25N3O4S2/c1-29-14-13-25(22-23-19-11-4-5-12-20(19)30-22)21(26)16-7-6-10-18(15-16)31(27,28)24-17-8-2-3-9-17/h4-7,10-12,15,17,24H,2-3,8-9,13-14H2,1H3. The van der Waals surface area contributed by atoms with Gasteiger partial charge in [0.2, 0.25) is 10.0 Å². The number of carbonyl (C=O) groups excluding carboxylic acids is 1. The molecule has 0 spiro atoms. The van der Waals surface area contributed by atoms with Gasteiger partial charge >= 0.3 is 0 Å². The monoisotopic (exact) mass is 459 g/mol. The number of methoxy groups -OCH3 is 1. The molecule has 0 radical (unpaired) electrons. The van der Waals surface area contributed by atoms with Gasteiger partial charge in [-0.3, -0.25) is 9.69 Å². The molecule has 9 heteroatoms. The minimum absolute atomic E-state index is 0.0368. The van der Waals surface area contributed by atoms with E-state index in [0.29, 0.717) is 23.8 Å². The SMILES string of the molecule is COCCN(C(=O)c1cccc(S(=O)(=O)NC2CCCC2)c1)c1nc2ccccc2s1. The normalized spacial score (nSPS) is 14.9. The molecule has 1 heterocycles. The van der Waals surface area contributed by atoms with Gasteiger partial charge in [0.05, 0.1) is 28.3 Å². The number of hydrogen-bond acceptors (Lipinski definition) is 6. The van der Waals surface area contributed by atoms with E-state index in [2.05, 4.69) is 9.71 Å². The Morgan fingerprint density at radius 3 is 2.71 bits per heavy atom. The lowest BCUT2D eigenvalue weighted by Gasteiger charge is -2.20. The Bertz CT molecular complexity index is 1140. The van der Waals surface area contributed by atoms with Gasteiger partial charge in [-0.05, 0) is 43.2 Å². The van der Waals surface area contributed by atoms with Gasteiger partial charge in [0.1, 0.15) is 0 Å². The average molecular weight is 460 g/mol. The Kier molecular flexibility index (Phi) is 6.66. The molecule has 1 N–H and O–H groups in total. The Hall–Kier alpha value is -2.33. The lowest BCUT2D eigenvalue weighted by molar-refractivity contribution is 0.0975. The van der Waals surface area contributed by atoms with Crippen molar-refractivity contribution < 1.29 is 17.9 Å². The highest BCUT2D eigenvalue weighted by atomic mass is 32.2. The second kappa shape index (κ2) is 9.44. The lowest BCUT2D eigenvalue weighted by atomic mass is 10.2. The van der Waals surface area contributed by atoms with Crippen LogP contribution in [-0.2, 0) is 14.8 Å². The van der Waals surface area contributed by atoms with Gasteiger partial charge in [0, 0.05) is 18.7 Å². The van der Waals surface area contributed by atoms with Crippen LogP contribution in [0.25, 0.3) is 10.2 Å². The van der Waals surface area contributed by atoms with E-state index in [1.54, 1.807) is 24.1 Å². The van der Waals surface area contributed by atoms with Crippen LogP contribution in [0.15, 0.2) is 53.4 Å². The molecule has 1 aliphatic rings. The zero-order valence-corrected chi connectivity index (χ0v) is 18.9. The summed E-state index contributed by atoms with van der Waals surface area (Å²) in [4.78, 5) is 19.6. The molecule has 4 rings (SSSR count). The largest absolute Gasteiger partial charge is 0.383 e. The van der Waals surface area contributed by atoms with Crippen molar-refractivity contribution >= 4 is 42.6 Å². The maximum atomic E-state index is 13.4. The number of para-hydroxylation sites is 1. The maximum Gasteiger partial charge on any atom is 0.260 e. The van der Waals surface area contributed by atoms with Crippen LogP contribution in [0, 0.1) is 0 Å². The Labute approximate surface area is 186 Å². The number of amides is 1. The number of rotatable bonds is 8. The summed E-state index contributed by atoms with van der Waals surface area (Å²) in [6, 6.07) is 13.8. The van der Waals surface area contributed by atoms with Gasteiger partial charge in [-0.2, -0.15) is 0 Å². The summed E-state index contributed by atoms with van der Waals surface area (Å²) in [7, 11) is -2.11. The van der Waals surface area contributed by atoms with E-state index < -0.39 is 10.0 Å². The topological polar surface area (TPSA) is 88.6 Å². The molecule has 164 valence electrons. The average Bonchev–Trinajstić information content (AvgIpc) is 3.43. The fourth-order valence-corrected chi connectivity index (χ4v) is 6.07. The number of fused-ring (bicyclic) bond motifs is 1. The lowest BCUT2D eigenvalue weighted by Crippen LogP contribution is -2.35. The molecule has 1 aliphatic carbocycles. The van der Waals surface area contributed by atoms with Crippen LogP contribution in [0.3, 0.4) is 0 Å². The first-order valence-electron chi connectivity index (χ1n) is 10.3. The molecular formula is C22H25N3O4S2. The third kappa shape index (κ3) is 4.95. The van der Waals surface area contributed by atoms with Crippen molar-refractivity contribution in [3.8, 4) is 0 Å². The first kappa shape index (κ1) is 21.9. The van der Waals surface area contributed by atoms with Gasteiger partial charge < -0.3 is 4.74 Å². The predicted molar refractivity (Wildman–Crippen MR) is 122 cm³/mol. The summed E-state index contributed by atoms with van der Waals surface area (Å²) >= 11 is 1.42. The van der Waals surface area contributed by atoms with Gasteiger partial charge in [-0.15, -0.1) is 0 Å². The minimum atomic E-state index is -3.69. The number of benzene rings is 2. The molecule has 0 unspecified atom stereocenters. The summed E-state index contributed by atoms with van der Waals surface area (Å²) in [5.41, 5.74) is 1.11. The highest BCUT2D eigenvalue weighted by Crippen LogP contribution is 2.30. The van der Waals surface area contributed by atoms with Gasteiger partial charge in [-0.1, -0.05) is 42.4 Å². The number of aromatic nitrogens is 1. The molecule has 1 fully saturated rings. The smallest absolute Gasteiger partial charge is 0.260 e. The van der Waals surface area contributed by atoms with Crippen molar-refractivity contribution in [2.24, 2.45) is 0 Å². The first-order valence-corrected chi connectivity index (χ1v) is 12.6. The summed E-state index contributed by atoms with van der Waals surface area (Å²) in [5, 5.41) is 0.556. The van der Waals surface area contributed by atoms with E-state index in [1.165, 1.54) is 23.5 Å². The fraction of sp³-hybridized carbons (Fsp3) is 0.364. The highest BCUT2D eigenvalue weighted by Gasteiger charge is 2.25. The van der Waals surface area contributed by atoms with Crippen molar-refractivity contribution in [1.82, 2.24) is 9.71 Å². The number of nitrogens with zero attached hydrogens (tertiary/aromatic N) is 2. The van der Waals surface area contributed by atoms with Gasteiger partial charge in [0.25, 0.3) is 5.91 Å². The van der Waals surface area contributed by atoms with E-state index >= 15 is 0 Å². The fourth-order valence-electron chi connectivity index (χ4n) is 3.73. The van der Waals surface area contributed by atoms with Crippen LogP contribution in [-0.4, -0.2) is 45.6 Å². The molecule has 1 aromatic heterocycles. The van der Waals surface area contributed by atoms with Crippen molar-refractivity contribution in [3.63, 3.8) is 0 Å². The molecular weight excluding hydrogens is 434 g/mol. The molecule has 0 aliphatic heterocycles. The number of thiazole rings is 1. The van der Waals surface area contributed by atoms with E-state index in [-0.39, 0.29) is 16.8 Å². The van der Waals surface area contributed by atoms with E-state index in [1.807, 2.05) is 24.3 Å². The quantitative estimate of drug-likeness (QED) is 0.553. The third-order valence-corrected chi connectivity index (χ3v) is 7.92. The third-order valence-electron chi connectivity index (χ3n) is 5.35. The van der Waals surface area contributed by atoms with Gasteiger partial charge in [0.15, 0.2) is 5.13 Å². The second-order valence-corrected chi connectivity index (χ2v) is 10.3. The second-order valence-electron chi connectivity index (χ2n) is 7.54. The van der Waals surface area contributed by atoms with Crippen LogP contribution in [0.2, 0.25) is 0 Å². The zero-order chi connectivity index (χ0) is 21.8. The number of carbonyl (C=O) groups is 1. The summed E-state index contributed by atoms with van der Waals surface area (Å²) < 4.78 is 34.6. The summed E-state index contributed by atoms with van der Waals surface area (Å²) in [6.07, 6.45) is 3.76. The number of ether oxygens (including phenoxy) is 1. The molecule has 7 nitrogen and oxygen atoms in total. The molecule has 1 amide bonds. The van der Waals surface area contributed by atoms with Gasteiger partial charge in [-0.25, -0.2) is 18.1 Å². The number of hydrogen-bond donors (Lipinski definition) is 1. The zero-order valence-electron chi connectivity index (χ0n) is 17.3. The number of sulfonamides is 1. The Balaban J connectivity index is 1.63. The van der Waals surface area contributed by atoms with E-state index in [9.17, 15) is 13.2 Å². The van der Waals surface area contributed by atoms with E-state index in [4.69, 9.17) is 4.74 Å². The Morgan fingerprint density at radius 2 is 1.97 bits per heavy atom. The van der Waals surface area contributed by atoms with E-state index in [0.717, 1.165) is 35.9 Å². The molecule has 0 bridgehead atoms. The van der Waals surface area contributed by atoms with Crippen LogP contribution >= 0.6 is 11.3 Å². The van der Waals surface area contributed by atoms with Crippen LogP contribution in [0.1, 0.15) is 36.0 Å². The van der Waals surface area contributed by atoms with Crippen molar-refractivity contribution in [3.05, 3.63) is 54.1 Å². The molecule has 31 heavy (non-hydrogen) atoms. The molecule has 2 aromatic carbocycles. The Morgan fingerprint density at radius 1 is 1.19 bits per heavy atom. The van der Waals surface area contributed by atoms with Crippen molar-refractivity contribution in [1.29, 1.82) is 0 Å². The number of nitrogens with one attached hydrogen (secondary N) is 1. The van der Waals surface area contributed by atoms with Crippen LogP contribution in [0.5, 0.6) is 0 Å². The molecule has 3 aromatic rings. The summed E-state index contributed by atoms with van der Waals surface area (Å²) in [6.45, 7) is 0.648. The molecule has 0 atom stereocenters. The van der Waals surface area contributed by atoms with Crippen LogP contribution < -0.4 is 9.62 Å². The molecule has 1 saturated carbocycles. The van der Waals surface area contributed by atoms with Crippen LogP contribution in [0.4, 0.5) is 5.13 Å². The van der Waals surface area contributed by atoms with Crippen molar-refractivity contribution in [2.45, 2.75) is 36.6 Å². The highest BCUT2D eigenvalue weighted by molar-refractivity contribution is 7.89. The molecule has 0 saturated heterocycles. The maximum absolute atomic E-state index is 13.4. The van der Waals surface area contributed by atoms with Crippen molar-refractivity contribution in [2.75, 3.05) is 25.2 Å². The predicted octanol–water partition coefficient (Wildman–Crippen LogP) is 3.81. The number of anilines is 1. The first-order chi connectivity index (χ1) is 15.0. The summed E-state index contributed by atoms with van der Waals surface area (Å²) in [5.74, 6) is -0.311. The minimum Gasteiger partial charge on any atom is -0.383 e.